The lowest BCUT2D eigenvalue weighted by Crippen LogP contribution is -2.51. The fraction of sp³-hybridized carbons (Fsp3) is 0.409. The van der Waals surface area contributed by atoms with Crippen LogP contribution in [0.15, 0.2) is 36.7 Å². The number of carbonyl (C=O) groups excluding carboxylic acids is 1. The third-order valence-electron chi connectivity index (χ3n) is 6.08. The van der Waals surface area contributed by atoms with Crippen LogP contribution in [0.4, 0.5) is 0 Å². The van der Waals surface area contributed by atoms with Crippen molar-refractivity contribution < 1.29 is 4.79 Å². The SMILES string of the molecule is Cc1ncc(-c2ccc3cnc(CC(=O)C4CN(C5CC5)C4)cc3c2)n1C. The van der Waals surface area contributed by atoms with Gasteiger partial charge in [0.1, 0.15) is 11.6 Å². The second-order valence-corrected chi connectivity index (χ2v) is 8.01. The van der Waals surface area contributed by atoms with Crippen molar-refractivity contribution in [1.29, 1.82) is 0 Å². The topological polar surface area (TPSA) is 51.0 Å². The normalized spacial score (nSPS) is 18.0. The van der Waals surface area contributed by atoms with E-state index in [9.17, 15) is 4.79 Å². The van der Waals surface area contributed by atoms with E-state index in [4.69, 9.17) is 0 Å². The molecular weight excluding hydrogens is 336 g/mol. The monoisotopic (exact) mass is 360 g/mol. The van der Waals surface area contributed by atoms with Gasteiger partial charge in [0.15, 0.2) is 0 Å². The van der Waals surface area contributed by atoms with Crippen LogP contribution in [-0.4, -0.2) is 44.3 Å². The maximum atomic E-state index is 12.6. The van der Waals surface area contributed by atoms with Crippen LogP contribution in [0.1, 0.15) is 24.4 Å². The number of carbonyl (C=O) groups is 1. The number of imidazole rings is 1. The molecule has 0 unspecified atom stereocenters. The van der Waals surface area contributed by atoms with Crippen LogP contribution in [0.3, 0.4) is 0 Å². The Hall–Kier alpha value is -2.53. The van der Waals surface area contributed by atoms with Crippen LogP contribution in [-0.2, 0) is 18.3 Å². The van der Waals surface area contributed by atoms with Crippen molar-refractivity contribution in [2.75, 3.05) is 13.1 Å². The molecule has 5 heteroatoms. The van der Waals surface area contributed by atoms with Crippen molar-refractivity contribution in [3.8, 4) is 11.3 Å². The van der Waals surface area contributed by atoms with Crippen molar-refractivity contribution in [3.05, 3.63) is 48.2 Å². The summed E-state index contributed by atoms with van der Waals surface area (Å²) in [6.45, 7) is 3.89. The third kappa shape index (κ3) is 3.06. The molecule has 3 aromatic rings. The molecule has 5 rings (SSSR count). The van der Waals surface area contributed by atoms with Gasteiger partial charge in [-0.25, -0.2) is 4.98 Å². The van der Waals surface area contributed by atoms with Gasteiger partial charge in [-0.15, -0.1) is 0 Å². The number of benzene rings is 1. The highest BCUT2D eigenvalue weighted by molar-refractivity contribution is 5.88. The van der Waals surface area contributed by atoms with Crippen LogP contribution in [0, 0.1) is 12.8 Å². The number of fused-ring (bicyclic) bond motifs is 1. The lowest BCUT2D eigenvalue weighted by molar-refractivity contribution is -0.127. The van der Waals surface area contributed by atoms with E-state index in [1.165, 1.54) is 12.8 Å². The Kier molecular flexibility index (Phi) is 3.86. The maximum Gasteiger partial charge on any atom is 0.144 e. The molecule has 2 aromatic heterocycles. The molecule has 0 atom stereocenters. The van der Waals surface area contributed by atoms with Gasteiger partial charge in [0.05, 0.1) is 11.9 Å². The molecule has 2 aliphatic rings. The summed E-state index contributed by atoms with van der Waals surface area (Å²) in [6.07, 6.45) is 6.85. The first-order valence-corrected chi connectivity index (χ1v) is 9.72. The summed E-state index contributed by atoms with van der Waals surface area (Å²) in [5.74, 6) is 1.52. The standard InChI is InChI=1S/C22H24N4O/c1-14-23-11-21(25(14)2)15-3-4-16-10-24-19(8-17(16)7-15)9-22(27)18-12-26(13-18)20-5-6-20/h3-4,7-8,10-11,18,20H,5-6,9,12-13H2,1-2H3. The van der Waals surface area contributed by atoms with E-state index in [0.29, 0.717) is 12.2 Å². The summed E-state index contributed by atoms with van der Waals surface area (Å²) in [5.41, 5.74) is 3.10. The number of nitrogens with zero attached hydrogens (tertiary/aromatic N) is 4. The maximum absolute atomic E-state index is 12.6. The summed E-state index contributed by atoms with van der Waals surface area (Å²) in [6, 6.07) is 9.19. The van der Waals surface area contributed by atoms with Crippen molar-refractivity contribution in [3.63, 3.8) is 0 Å². The molecule has 1 saturated carbocycles. The molecular formula is C22H24N4O. The second kappa shape index (κ2) is 6.27. The van der Waals surface area contributed by atoms with E-state index in [1.807, 2.05) is 26.4 Å². The first kappa shape index (κ1) is 16.6. The van der Waals surface area contributed by atoms with Crippen molar-refractivity contribution >= 4 is 16.6 Å². The number of hydrogen-bond acceptors (Lipinski definition) is 4. The number of aromatic nitrogens is 3. The van der Waals surface area contributed by atoms with Crippen molar-refractivity contribution in [2.45, 2.75) is 32.2 Å². The molecule has 1 aliphatic carbocycles. The number of hydrogen-bond donors (Lipinski definition) is 0. The third-order valence-corrected chi connectivity index (χ3v) is 6.08. The van der Waals surface area contributed by atoms with Gasteiger partial charge in [0.2, 0.25) is 0 Å². The number of aryl methyl sites for hydroxylation is 1. The fourth-order valence-corrected chi connectivity index (χ4v) is 3.99. The molecule has 1 saturated heterocycles. The van der Waals surface area contributed by atoms with E-state index in [1.54, 1.807) is 0 Å². The minimum Gasteiger partial charge on any atom is -0.331 e. The lowest BCUT2D eigenvalue weighted by Gasteiger charge is -2.38. The van der Waals surface area contributed by atoms with Gasteiger partial charge in [-0.3, -0.25) is 14.7 Å². The molecule has 138 valence electrons. The molecule has 0 spiro atoms. The molecule has 27 heavy (non-hydrogen) atoms. The second-order valence-electron chi connectivity index (χ2n) is 8.01. The molecule has 1 aromatic carbocycles. The van der Waals surface area contributed by atoms with Gasteiger partial charge < -0.3 is 4.57 Å². The van der Waals surface area contributed by atoms with E-state index in [0.717, 1.165) is 52.7 Å². The summed E-state index contributed by atoms with van der Waals surface area (Å²) in [5, 5.41) is 2.22. The zero-order valence-corrected chi connectivity index (χ0v) is 15.9. The lowest BCUT2D eigenvalue weighted by atomic mass is 9.92. The highest BCUT2D eigenvalue weighted by Crippen LogP contribution is 2.33. The van der Waals surface area contributed by atoms with Gasteiger partial charge in [-0.1, -0.05) is 12.1 Å². The minimum absolute atomic E-state index is 0.201. The molecule has 0 N–H and O–H groups in total. The summed E-state index contributed by atoms with van der Waals surface area (Å²) < 4.78 is 2.09. The average Bonchev–Trinajstić information content (AvgIpc) is 3.39. The largest absolute Gasteiger partial charge is 0.331 e. The van der Waals surface area contributed by atoms with Crippen LogP contribution in [0.25, 0.3) is 22.0 Å². The van der Waals surface area contributed by atoms with Crippen LogP contribution in [0.5, 0.6) is 0 Å². The predicted octanol–water partition coefficient (Wildman–Crippen LogP) is 3.15. The first-order valence-electron chi connectivity index (χ1n) is 9.72. The van der Waals surface area contributed by atoms with E-state index in [2.05, 4.69) is 43.7 Å². The smallest absolute Gasteiger partial charge is 0.144 e. The van der Waals surface area contributed by atoms with Gasteiger partial charge >= 0.3 is 0 Å². The van der Waals surface area contributed by atoms with Gasteiger partial charge in [-0.05, 0) is 37.3 Å². The summed E-state index contributed by atoms with van der Waals surface area (Å²) >= 11 is 0. The Morgan fingerprint density at radius 3 is 2.63 bits per heavy atom. The van der Waals surface area contributed by atoms with E-state index in [-0.39, 0.29) is 5.92 Å². The molecule has 0 amide bonds. The van der Waals surface area contributed by atoms with Gasteiger partial charge in [0, 0.05) is 61.4 Å². The zero-order chi connectivity index (χ0) is 18.5. The minimum atomic E-state index is 0.201. The first-order chi connectivity index (χ1) is 13.1. The fourth-order valence-electron chi connectivity index (χ4n) is 3.99. The molecule has 0 radical (unpaired) electrons. The Labute approximate surface area is 159 Å². The number of pyridine rings is 1. The number of rotatable bonds is 5. The average molecular weight is 360 g/mol. The van der Waals surface area contributed by atoms with E-state index >= 15 is 0 Å². The summed E-state index contributed by atoms with van der Waals surface area (Å²) in [4.78, 5) is 23.9. The molecule has 5 nitrogen and oxygen atoms in total. The number of likely N-dealkylation sites (tertiary alicyclic amines) is 1. The van der Waals surface area contributed by atoms with Crippen LogP contribution >= 0.6 is 0 Å². The predicted molar refractivity (Wildman–Crippen MR) is 105 cm³/mol. The Balaban J connectivity index is 1.36. The highest BCUT2D eigenvalue weighted by Gasteiger charge is 2.40. The van der Waals surface area contributed by atoms with Gasteiger partial charge in [-0.2, -0.15) is 0 Å². The zero-order valence-electron chi connectivity index (χ0n) is 15.9. The molecule has 3 heterocycles. The van der Waals surface area contributed by atoms with Crippen molar-refractivity contribution in [1.82, 2.24) is 19.4 Å². The van der Waals surface area contributed by atoms with Crippen LogP contribution in [0.2, 0.25) is 0 Å². The Bertz CT molecular complexity index is 1030. The number of ketones is 1. The molecule has 2 fully saturated rings. The summed E-state index contributed by atoms with van der Waals surface area (Å²) in [7, 11) is 2.03. The van der Waals surface area contributed by atoms with E-state index < -0.39 is 0 Å². The molecule has 1 aliphatic heterocycles. The quantitative estimate of drug-likeness (QED) is 0.701. The molecule has 0 bridgehead atoms. The van der Waals surface area contributed by atoms with Crippen molar-refractivity contribution in [2.24, 2.45) is 13.0 Å². The number of Topliss-reactive ketones (excluding diaryl/α,β-unsaturated/α-hetero) is 1. The van der Waals surface area contributed by atoms with Crippen LogP contribution < -0.4 is 0 Å². The van der Waals surface area contributed by atoms with Gasteiger partial charge in [0.25, 0.3) is 0 Å². The Morgan fingerprint density at radius 1 is 1.11 bits per heavy atom. The highest BCUT2D eigenvalue weighted by atomic mass is 16.1. The Morgan fingerprint density at radius 2 is 1.93 bits per heavy atom.